The third kappa shape index (κ3) is 4.95. The number of aromatic nitrogens is 2. The third-order valence-electron chi connectivity index (χ3n) is 4.31. The van der Waals surface area contributed by atoms with Crippen LogP contribution >= 0.6 is 0 Å². The summed E-state index contributed by atoms with van der Waals surface area (Å²) in [6.45, 7) is 11.2. The van der Waals surface area contributed by atoms with Gasteiger partial charge >= 0.3 is 0 Å². The minimum absolute atomic E-state index is 0.0432. The van der Waals surface area contributed by atoms with Gasteiger partial charge in [-0.25, -0.2) is 4.68 Å². The molecule has 0 saturated heterocycles. The summed E-state index contributed by atoms with van der Waals surface area (Å²) < 4.78 is 1.85. The van der Waals surface area contributed by atoms with Crippen LogP contribution in [0.4, 0.5) is 5.82 Å². The first-order valence-electron chi connectivity index (χ1n) is 8.14. The molecule has 0 aliphatic rings. The van der Waals surface area contributed by atoms with Gasteiger partial charge in [0.1, 0.15) is 5.82 Å². The second kappa shape index (κ2) is 6.99. The quantitative estimate of drug-likeness (QED) is 0.897. The maximum Gasteiger partial charge on any atom is 0.225 e. The van der Waals surface area contributed by atoms with Crippen molar-refractivity contribution in [3.63, 3.8) is 0 Å². The highest BCUT2D eigenvalue weighted by molar-refractivity contribution is 5.90. The molecule has 4 nitrogen and oxygen atoms in total. The van der Waals surface area contributed by atoms with Crippen molar-refractivity contribution in [2.75, 3.05) is 5.32 Å². The van der Waals surface area contributed by atoms with Gasteiger partial charge in [-0.1, -0.05) is 58.0 Å². The van der Waals surface area contributed by atoms with Crippen LogP contribution in [-0.2, 0) is 11.3 Å². The summed E-state index contributed by atoms with van der Waals surface area (Å²) in [6, 6.07) is 12.1. The molecule has 2 rings (SSSR count). The van der Waals surface area contributed by atoms with Crippen molar-refractivity contribution >= 4 is 11.7 Å². The molecule has 0 saturated carbocycles. The minimum atomic E-state index is 0.0432. The van der Waals surface area contributed by atoms with Crippen molar-refractivity contribution in [2.24, 2.45) is 11.3 Å². The Hall–Kier alpha value is -2.10. The Bertz CT molecular complexity index is 653. The predicted octanol–water partition coefficient (Wildman–Crippen LogP) is 4.25. The number of benzene rings is 1. The lowest BCUT2D eigenvalue weighted by atomic mass is 9.80. The van der Waals surface area contributed by atoms with Crippen LogP contribution in [-0.4, -0.2) is 15.7 Å². The molecule has 23 heavy (non-hydrogen) atoms. The van der Waals surface area contributed by atoms with Crippen LogP contribution in [0.25, 0.3) is 0 Å². The van der Waals surface area contributed by atoms with E-state index in [2.05, 4.69) is 50.2 Å². The Morgan fingerprint density at radius 2 is 1.91 bits per heavy atom. The van der Waals surface area contributed by atoms with Crippen molar-refractivity contribution in [1.29, 1.82) is 0 Å². The van der Waals surface area contributed by atoms with Gasteiger partial charge in [0.15, 0.2) is 0 Å². The summed E-state index contributed by atoms with van der Waals surface area (Å²) in [7, 11) is 0. The number of nitrogens with zero attached hydrogens (tertiary/aromatic N) is 2. The minimum Gasteiger partial charge on any atom is -0.311 e. The summed E-state index contributed by atoms with van der Waals surface area (Å²) in [5.41, 5.74) is 2.19. The molecule has 0 aliphatic heterocycles. The molecule has 1 atom stereocenters. The van der Waals surface area contributed by atoms with Gasteiger partial charge in [0, 0.05) is 12.5 Å². The molecule has 0 spiro atoms. The highest BCUT2D eigenvalue weighted by Crippen LogP contribution is 2.28. The van der Waals surface area contributed by atoms with Gasteiger partial charge in [0.05, 0.1) is 12.2 Å². The lowest BCUT2D eigenvalue weighted by Gasteiger charge is -2.26. The molecule has 1 aromatic heterocycles. The number of nitrogens with one attached hydrogen (secondary N) is 1. The van der Waals surface area contributed by atoms with Crippen molar-refractivity contribution in [3.05, 3.63) is 47.7 Å². The Morgan fingerprint density at radius 1 is 1.26 bits per heavy atom. The molecule has 2 aromatic rings. The van der Waals surface area contributed by atoms with E-state index in [1.807, 2.05) is 35.9 Å². The van der Waals surface area contributed by atoms with Crippen LogP contribution in [0.3, 0.4) is 0 Å². The van der Waals surface area contributed by atoms with Crippen molar-refractivity contribution in [1.82, 2.24) is 9.78 Å². The highest BCUT2D eigenvalue weighted by Gasteiger charge is 2.23. The lowest BCUT2D eigenvalue weighted by molar-refractivity contribution is -0.117. The first kappa shape index (κ1) is 17.3. The van der Waals surface area contributed by atoms with E-state index in [9.17, 15) is 4.79 Å². The fourth-order valence-corrected chi connectivity index (χ4v) is 2.30. The van der Waals surface area contributed by atoms with Crippen molar-refractivity contribution in [2.45, 2.75) is 47.6 Å². The first-order valence-corrected chi connectivity index (χ1v) is 8.14. The second-order valence-electron chi connectivity index (χ2n) is 7.33. The first-order chi connectivity index (χ1) is 10.8. The topological polar surface area (TPSA) is 46.9 Å². The molecule has 4 heteroatoms. The van der Waals surface area contributed by atoms with Crippen LogP contribution in [0.1, 0.15) is 45.4 Å². The molecule has 1 N–H and O–H groups in total. The van der Waals surface area contributed by atoms with Crippen LogP contribution in [0.15, 0.2) is 36.4 Å². The lowest BCUT2D eigenvalue weighted by Crippen LogP contribution is -2.24. The van der Waals surface area contributed by atoms with Crippen molar-refractivity contribution in [3.8, 4) is 0 Å². The Labute approximate surface area is 138 Å². The molecule has 124 valence electrons. The number of carbonyl (C=O) groups is 1. The standard InChI is InChI=1S/C19H27N3O/c1-14(19(3,4)5)11-18(23)20-17-12-15(2)21-22(17)13-16-9-7-6-8-10-16/h6-10,12,14H,11,13H2,1-5H3,(H,20,23). The molecule has 1 amide bonds. The Kier molecular flexibility index (Phi) is 5.24. The molecule has 1 heterocycles. The number of anilines is 1. The second-order valence-corrected chi connectivity index (χ2v) is 7.33. The molecule has 0 radical (unpaired) electrons. The van der Waals surface area contributed by atoms with Gasteiger partial charge in [0.2, 0.25) is 5.91 Å². The van der Waals surface area contributed by atoms with Crippen LogP contribution in [0.2, 0.25) is 0 Å². The number of aryl methyl sites for hydroxylation is 1. The van der Waals surface area contributed by atoms with E-state index in [-0.39, 0.29) is 11.3 Å². The Balaban J connectivity index is 2.07. The Morgan fingerprint density at radius 3 is 2.52 bits per heavy atom. The summed E-state index contributed by atoms with van der Waals surface area (Å²) >= 11 is 0. The van der Waals surface area contributed by atoms with E-state index in [4.69, 9.17) is 0 Å². The summed E-state index contributed by atoms with van der Waals surface area (Å²) in [6.07, 6.45) is 0.513. The molecule has 1 unspecified atom stereocenters. The van der Waals surface area contributed by atoms with Gasteiger partial charge < -0.3 is 5.32 Å². The van der Waals surface area contributed by atoms with Crippen LogP contribution < -0.4 is 5.32 Å². The van der Waals surface area contributed by atoms with E-state index >= 15 is 0 Å². The average molecular weight is 313 g/mol. The molecule has 0 aliphatic carbocycles. The van der Waals surface area contributed by atoms with E-state index in [1.54, 1.807) is 0 Å². The van der Waals surface area contributed by atoms with E-state index < -0.39 is 0 Å². The van der Waals surface area contributed by atoms with E-state index in [0.717, 1.165) is 17.1 Å². The number of hydrogen-bond acceptors (Lipinski definition) is 2. The zero-order chi connectivity index (χ0) is 17.0. The number of amides is 1. The predicted molar refractivity (Wildman–Crippen MR) is 94.4 cm³/mol. The largest absolute Gasteiger partial charge is 0.311 e. The van der Waals surface area contributed by atoms with Crippen LogP contribution in [0, 0.1) is 18.3 Å². The van der Waals surface area contributed by atoms with Crippen LogP contribution in [0.5, 0.6) is 0 Å². The number of carbonyl (C=O) groups excluding carboxylic acids is 1. The normalized spacial score (nSPS) is 12.9. The zero-order valence-electron chi connectivity index (χ0n) is 14.8. The van der Waals surface area contributed by atoms with Gasteiger partial charge in [-0.05, 0) is 23.8 Å². The smallest absolute Gasteiger partial charge is 0.225 e. The van der Waals surface area contributed by atoms with Gasteiger partial charge in [0.25, 0.3) is 0 Å². The average Bonchev–Trinajstić information content (AvgIpc) is 2.78. The van der Waals surface area contributed by atoms with Gasteiger partial charge in [-0.2, -0.15) is 5.10 Å². The highest BCUT2D eigenvalue weighted by atomic mass is 16.1. The molecule has 0 bridgehead atoms. The van der Waals surface area contributed by atoms with Gasteiger partial charge in [-0.15, -0.1) is 0 Å². The summed E-state index contributed by atoms with van der Waals surface area (Å²) in [5.74, 6) is 1.12. The third-order valence-corrected chi connectivity index (χ3v) is 4.31. The zero-order valence-corrected chi connectivity index (χ0v) is 14.8. The number of rotatable bonds is 5. The maximum absolute atomic E-state index is 12.3. The summed E-state index contributed by atoms with van der Waals surface area (Å²) in [5, 5.41) is 7.50. The fraction of sp³-hybridized carbons (Fsp3) is 0.474. The summed E-state index contributed by atoms with van der Waals surface area (Å²) in [4.78, 5) is 12.3. The maximum atomic E-state index is 12.3. The van der Waals surface area contributed by atoms with Crippen molar-refractivity contribution < 1.29 is 4.79 Å². The molecular weight excluding hydrogens is 286 g/mol. The van der Waals surface area contributed by atoms with E-state index in [1.165, 1.54) is 0 Å². The fourth-order valence-electron chi connectivity index (χ4n) is 2.30. The monoisotopic (exact) mass is 313 g/mol. The van der Waals surface area contributed by atoms with Gasteiger partial charge in [-0.3, -0.25) is 4.79 Å². The van der Waals surface area contributed by atoms with E-state index in [0.29, 0.717) is 18.9 Å². The molecular formula is C19H27N3O. The SMILES string of the molecule is Cc1cc(NC(=O)CC(C)C(C)(C)C)n(Cc2ccccc2)n1. The number of hydrogen-bond donors (Lipinski definition) is 1. The molecule has 1 aromatic carbocycles. The molecule has 0 fully saturated rings.